The van der Waals surface area contributed by atoms with Crippen LogP contribution in [0.1, 0.15) is 50.5 Å². The van der Waals surface area contributed by atoms with Gasteiger partial charge in [0, 0.05) is 30.6 Å². The first-order chi connectivity index (χ1) is 15.0. The monoisotopic (exact) mass is 440 g/mol. The van der Waals surface area contributed by atoms with Crippen LogP contribution in [0.3, 0.4) is 0 Å². The van der Waals surface area contributed by atoms with Crippen molar-refractivity contribution in [1.82, 2.24) is 14.6 Å². The summed E-state index contributed by atoms with van der Waals surface area (Å²) in [5.41, 5.74) is 0.952. The molecule has 1 aromatic carbocycles. The zero-order valence-corrected chi connectivity index (χ0v) is 18.3. The Morgan fingerprint density at radius 2 is 1.87 bits per heavy atom. The van der Waals surface area contributed by atoms with Crippen LogP contribution in [0, 0.1) is 5.92 Å². The van der Waals surface area contributed by atoms with Crippen LogP contribution in [-0.4, -0.2) is 48.1 Å². The van der Waals surface area contributed by atoms with Crippen LogP contribution in [0.2, 0.25) is 0 Å². The highest BCUT2D eigenvalue weighted by Gasteiger charge is 2.48. The average Bonchev–Trinajstić information content (AvgIpc) is 3.39. The van der Waals surface area contributed by atoms with E-state index in [1.54, 1.807) is 6.08 Å². The van der Waals surface area contributed by atoms with Crippen LogP contribution in [-0.2, 0) is 14.8 Å². The molecule has 1 saturated heterocycles. The van der Waals surface area contributed by atoms with Crippen molar-refractivity contribution in [3.63, 3.8) is 0 Å². The van der Waals surface area contributed by atoms with Crippen molar-refractivity contribution in [3.05, 3.63) is 41.4 Å². The van der Waals surface area contributed by atoms with E-state index in [1.165, 1.54) is 29.0 Å². The molecule has 2 aromatic rings. The third kappa shape index (κ3) is 3.83. The summed E-state index contributed by atoms with van der Waals surface area (Å²) in [5.74, 6) is 1.12. The summed E-state index contributed by atoms with van der Waals surface area (Å²) >= 11 is 0. The number of carbonyl (C=O) groups excluding carboxylic acids is 1. The summed E-state index contributed by atoms with van der Waals surface area (Å²) in [7, 11) is -3.57. The molecule has 164 valence electrons. The number of nitrogens with zero attached hydrogens (tertiary/aromatic N) is 2. The lowest BCUT2D eigenvalue weighted by Gasteiger charge is -2.34. The van der Waals surface area contributed by atoms with E-state index in [1.807, 2.05) is 30.5 Å². The molecule has 31 heavy (non-hydrogen) atoms. The highest BCUT2D eigenvalue weighted by atomic mass is 32.2. The Morgan fingerprint density at radius 3 is 2.65 bits per heavy atom. The number of aromatic nitrogens is 1. The van der Waals surface area contributed by atoms with Gasteiger partial charge in [-0.3, -0.25) is 9.79 Å². The number of piperidine rings is 1. The minimum atomic E-state index is -3.57. The van der Waals surface area contributed by atoms with Crippen LogP contribution < -0.4 is 5.32 Å². The zero-order chi connectivity index (χ0) is 21.5. The Kier molecular flexibility index (Phi) is 5.22. The Bertz CT molecular complexity index is 1150. The number of amidine groups is 1. The lowest BCUT2D eigenvalue weighted by atomic mass is 9.88. The quantitative estimate of drug-likeness (QED) is 0.763. The molecule has 7 nitrogen and oxygen atoms in total. The average molecular weight is 441 g/mol. The Balaban J connectivity index is 1.29. The Hall–Kier alpha value is -2.45. The van der Waals surface area contributed by atoms with Gasteiger partial charge in [0.15, 0.2) is 0 Å². The highest BCUT2D eigenvalue weighted by Crippen LogP contribution is 2.35. The van der Waals surface area contributed by atoms with Crippen LogP contribution in [0.5, 0.6) is 0 Å². The fraction of sp³-hybridized carbons (Fsp3) is 0.478. The van der Waals surface area contributed by atoms with E-state index in [0.29, 0.717) is 31.8 Å². The molecule has 2 fully saturated rings. The first-order valence-corrected chi connectivity index (χ1v) is 12.6. The topological polar surface area (TPSA) is 94.6 Å². The number of hydrogen-bond donors (Lipinski definition) is 2. The molecule has 1 saturated carbocycles. The van der Waals surface area contributed by atoms with Gasteiger partial charge in [-0.25, -0.2) is 8.42 Å². The van der Waals surface area contributed by atoms with Gasteiger partial charge in [-0.1, -0.05) is 37.5 Å². The van der Waals surface area contributed by atoms with Crippen molar-refractivity contribution in [2.75, 3.05) is 13.1 Å². The number of aliphatic imine (C=N–C) groups is 1. The molecule has 5 rings (SSSR count). The van der Waals surface area contributed by atoms with E-state index in [0.717, 1.165) is 35.1 Å². The normalized spacial score (nSPS) is 23.0. The van der Waals surface area contributed by atoms with Crippen LogP contribution >= 0.6 is 0 Å². The van der Waals surface area contributed by atoms with Gasteiger partial charge in [0.25, 0.3) is 5.91 Å². The minimum Gasteiger partial charge on any atom is -0.361 e. The maximum atomic E-state index is 12.9. The fourth-order valence-corrected chi connectivity index (χ4v) is 6.24. The minimum absolute atomic E-state index is 0.0564. The number of sulfonamides is 1. The molecule has 0 radical (unpaired) electrons. The number of para-hydroxylation sites is 1. The number of benzene rings is 1. The first kappa shape index (κ1) is 20.5. The van der Waals surface area contributed by atoms with E-state index in [-0.39, 0.29) is 5.91 Å². The van der Waals surface area contributed by atoms with Gasteiger partial charge in [0.05, 0.1) is 5.52 Å². The molecule has 0 atom stereocenters. The van der Waals surface area contributed by atoms with Crippen molar-refractivity contribution in [2.24, 2.45) is 10.9 Å². The number of amides is 1. The summed E-state index contributed by atoms with van der Waals surface area (Å²) in [6.07, 6.45) is 10.1. The lowest BCUT2D eigenvalue weighted by molar-refractivity contribution is -0.124. The van der Waals surface area contributed by atoms with E-state index < -0.39 is 15.6 Å². The second-order valence-electron chi connectivity index (χ2n) is 8.85. The van der Waals surface area contributed by atoms with E-state index in [9.17, 15) is 13.2 Å². The number of fused-ring (bicyclic) bond motifs is 1. The fourth-order valence-electron chi connectivity index (χ4n) is 5.05. The summed E-state index contributed by atoms with van der Waals surface area (Å²) in [5, 5.41) is 5.33. The molecule has 3 aliphatic rings. The molecule has 0 bridgehead atoms. The number of rotatable bonds is 4. The lowest BCUT2D eigenvalue weighted by Crippen LogP contribution is -2.50. The second-order valence-corrected chi connectivity index (χ2v) is 10.7. The maximum absolute atomic E-state index is 12.9. The van der Waals surface area contributed by atoms with Gasteiger partial charge in [0.2, 0.25) is 10.0 Å². The molecular formula is C23H28N4O3S. The number of hydrogen-bond acceptors (Lipinski definition) is 4. The predicted octanol–water partition coefficient (Wildman–Crippen LogP) is 3.41. The third-order valence-corrected chi connectivity index (χ3v) is 8.50. The zero-order valence-electron chi connectivity index (χ0n) is 17.5. The van der Waals surface area contributed by atoms with Gasteiger partial charge in [0.1, 0.15) is 11.4 Å². The molecule has 3 heterocycles. The summed E-state index contributed by atoms with van der Waals surface area (Å²) in [6, 6.07) is 7.74. The van der Waals surface area contributed by atoms with Crippen molar-refractivity contribution >= 4 is 38.7 Å². The second kappa shape index (κ2) is 7.91. The maximum Gasteiger partial charge on any atom is 0.253 e. The van der Waals surface area contributed by atoms with Crippen LogP contribution in [0.15, 0.2) is 40.9 Å². The Labute approximate surface area is 182 Å². The van der Waals surface area contributed by atoms with Gasteiger partial charge in [-0.2, -0.15) is 4.31 Å². The molecule has 2 aliphatic heterocycles. The van der Waals surface area contributed by atoms with Gasteiger partial charge < -0.3 is 10.3 Å². The van der Waals surface area contributed by atoms with E-state index in [4.69, 9.17) is 4.99 Å². The van der Waals surface area contributed by atoms with Gasteiger partial charge in [-0.05, 0) is 48.8 Å². The Morgan fingerprint density at radius 1 is 1.10 bits per heavy atom. The number of carbonyl (C=O) groups is 1. The number of aromatic amines is 1. The number of H-pyrrole nitrogens is 1. The molecule has 0 unspecified atom stereocenters. The van der Waals surface area contributed by atoms with Crippen molar-refractivity contribution in [2.45, 2.75) is 50.5 Å². The van der Waals surface area contributed by atoms with Gasteiger partial charge >= 0.3 is 0 Å². The smallest absolute Gasteiger partial charge is 0.253 e. The molecular weight excluding hydrogens is 412 g/mol. The summed E-state index contributed by atoms with van der Waals surface area (Å²) in [4.78, 5) is 20.7. The van der Waals surface area contributed by atoms with E-state index >= 15 is 0 Å². The van der Waals surface area contributed by atoms with Crippen molar-refractivity contribution in [3.8, 4) is 0 Å². The molecule has 1 aromatic heterocycles. The first-order valence-electron chi connectivity index (χ1n) is 11.1. The van der Waals surface area contributed by atoms with Crippen LogP contribution in [0.4, 0.5) is 0 Å². The van der Waals surface area contributed by atoms with E-state index in [2.05, 4.69) is 10.3 Å². The molecule has 1 spiro atoms. The molecule has 2 N–H and O–H groups in total. The SMILES string of the molecule is O=C1NC(C2CCCCC2)=NC12CCN(S(=O)(=O)/C=C/c1cccc3cc[nH]c13)CC2. The largest absolute Gasteiger partial charge is 0.361 e. The summed E-state index contributed by atoms with van der Waals surface area (Å²) < 4.78 is 27.3. The number of nitrogens with one attached hydrogen (secondary N) is 2. The van der Waals surface area contributed by atoms with Gasteiger partial charge in [-0.15, -0.1) is 0 Å². The standard InChI is InChI=1S/C23H28N4O3S/c28-22-23(26-21(25-22)19-5-2-1-3-6-19)11-14-27(15-12-23)31(29,30)16-10-18-8-4-7-17-9-13-24-20(17)18/h4,7-10,13,16,19,24H,1-3,5-6,11-12,14-15H2,(H,25,26,28)/b16-10+. The van der Waals surface area contributed by atoms with Crippen molar-refractivity contribution < 1.29 is 13.2 Å². The molecule has 1 amide bonds. The van der Waals surface area contributed by atoms with Crippen LogP contribution in [0.25, 0.3) is 17.0 Å². The van der Waals surface area contributed by atoms with Crippen molar-refractivity contribution in [1.29, 1.82) is 0 Å². The highest BCUT2D eigenvalue weighted by molar-refractivity contribution is 7.92. The predicted molar refractivity (Wildman–Crippen MR) is 122 cm³/mol. The third-order valence-electron chi connectivity index (χ3n) is 6.94. The summed E-state index contributed by atoms with van der Waals surface area (Å²) in [6.45, 7) is 0.600. The molecule has 8 heteroatoms. The molecule has 1 aliphatic carbocycles.